The quantitative estimate of drug-likeness (QED) is 0.797. The SMILES string of the molecule is COc1cccc(C2CCN(CCS(C)(=O)=O)C2)c1OC. The van der Waals surface area contributed by atoms with Crippen LogP contribution in [0.25, 0.3) is 0 Å². The van der Waals surface area contributed by atoms with Crippen molar-refractivity contribution in [2.45, 2.75) is 12.3 Å². The second-order valence-electron chi connectivity index (χ2n) is 5.50. The second kappa shape index (κ2) is 6.66. The van der Waals surface area contributed by atoms with Crippen LogP contribution in [0.2, 0.25) is 0 Å². The van der Waals surface area contributed by atoms with Gasteiger partial charge in [0.15, 0.2) is 11.5 Å². The molecule has 6 heteroatoms. The third kappa shape index (κ3) is 4.11. The van der Waals surface area contributed by atoms with Gasteiger partial charge in [-0.3, -0.25) is 0 Å². The molecule has 1 fully saturated rings. The molecule has 21 heavy (non-hydrogen) atoms. The van der Waals surface area contributed by atoms with Crippen molar-refractivity contribution in [3.8, 4) is 11.5 Å². The van der Waals surface area contributed by atoms with Crippen molar-refractivity contribution in [3.05, 3.63) is 23.8 Å². The Balaban J connectivity index is 2.08. The van der Waals surface area contributed by atoms with Crippen LogP contribution in [0, 0.1) is 0 Å². The molecule has 1 heterocycles. The molecule has 0 amide bonds. The van der Waals surface area contributed by atoms with E-state index in [1.54, 1.807) is 14.2 Å². The first kappa shape index (κ1) is 16.1. The number of sulfone groups is 1. The van der Waals surface area contributed by atoms with E-state index >= 15 is 0 Å². The molecule has 0 N–H and O–H groups in total. The van der Waals surface area contributed by atoms with E-state index in [0.717, 1.165) is 36.6 Å². The summed E-state index contributed by atoms with van der Waals surface area (Å²) >= 11 is 0. The molecule has 0 saturated carbocycles. The lowest BCUT2D eigenvalue weighted by atomic mass is 9.97. The molecule has 1 atom stereocenters. The zero-order valence-electron chi connectivity index (χ0n) is 12.8. The van der Waals surface area contributed by atoms with Gasteiger partial charge < -0.3 is 14.4 Å². The van der Waals surface area contributed by atoms with E-state index in [2.05, 4.69) is 11.0 Å². The molecule has 1 saturated heterocycles. The van der Waals surface area contributed by atoms with Crippen molar-refractivity contribution in [2.24, 2.45) is 0 Å². The predicted octanol–water partition coefficient (Wildman–Crippen LogP) is 1.54. The molecule has 1 aromatic rings. The normalized spacial score (nSPS) is 19.7. The number of ether oxygens (including phenoxy) is 2. The van der Waals surface area contributed by atoms with Gasteiger partial charge in [0.05, 0.1) is 20.0 Å². The average molecular weight is 313 g/mol. The van der Waals surface area contributed by atoms with E-state index in [4.69, 9.17) is 9.47 Å². The maximum atomic E-state index is 11.3. The molecule has 5 nitrogen and oxygen atoms in total. The highest BCUT2D eigenvalue weighted by Gasteiger charge is 2.27. The molecule has 0 radical (unpaired) electrons. The molecule has 0 aromatic heterocycles. The molecule has 1 aliphatic heterocycles. The Morgan fingerprint density at radius 3 is 2.67 bits per heavy atom. The van der Waals surface area contributed by atoms with Gasteiger partial charge in [-0.1, -0.05) is 12.1 Å². The van der Waals surface area contributed by atoms with E-state index in [1.807, 2.05) is 12.1 Å². The van der Waals surface area contributed by atoms with E-state index < -0.39 is 9.84 Å². The Kier molecular flexibility index (Phi) is 5.11. The van der Waals surface area contributed by atoms with Gasteiger partial charge in [0.25, 0.3) is 0 Å². The largest absolute Gasteiger partial charge is 0.493 e. The van der Waals surface area contributed by atoms with Crippen molar-refractivity contribution in [1.29, 1.82) is 0 Å². The van der Waals surface area contributed by atoms with Crippen molar-refractivity contribution in [1.82, 2.24) is 4.90 Å². The third-order valence-electron chi connectivity index (χ3n) is 3.92. The van der Waals surface area contributed by atoms with Crippen LogP contribution in [-0.4, -0.2) is 59.2 Å². The van der Waals surface area contributed by atoms with Gasteiger partial charge >= 0.3 is 0 Å². The number of nitrogens with zero attached hydrogens (tertiary/aromatic N) is 1. The third-order valence-corrected chi connectivity index (χ3v) is 4.85. The van der Waals surface area contributed by atoms with Crippen LogP contribution in [0.1, 0.15) is 17.9 Å². The summed E-state index contributed by atoms with van der Waals surface area (Å²) in [5.41, 5.74) is 1.14. The van der Waals surface area contributed by atoms with Crippen molar-refractivity contribution in [2.75, 3.05) is 45.9 Å². The topological polar surface area (TPSA) is 55.8 Å². The number of para-hydroxylation sites is 1. The summed E-state index contributed by atoms with van der Waals surface area (Å²) in [4.78, 5) is 2.20. The van der Waals surface area contributed by atoms with Gasteiger partial charge in [-0.25, -0.2) is 8.42 Å². The zero-order valence-corrected chi connectivity index (χ0v) is 13.6. The lowest BCUT2D eigenvalue weighted by Crippen LogP contribution is -2.26. The van der Waals surface area contributed by atoms with E-state index in [9.17, 15) is 8.42 Å². The first-order valence-corrected chi connectivity index (χ1v) is 9.11. The lowest BCUT2D eigenvalue weighted by molar-refractivity contribution is 0.341. The molecule has 1 unspecified atom stereocenters. The molecule has 1 aliphatic rings. The minimum Gasteiger partial charge on any atom is -0.493 e. The Bertz CT molecular complexity index is 585. The van der Waals surface area contributed by atoms with Crippen LogP contribution in [0.3, 0.4) is 0 Å². The monoisotopic (exact) mass is 313 g/mol. The van der Waals surface area contributed by atoms with Crippen LogP contribution in [-0.2, 0) is 9.84 Å². The highest BCUT2D eigenvalue weighted by atomic mass is 32.2. The van der Waals surface area contributed by atoms with Crippen LogP contribution < -0.4 is 9.47 Å². The number of likely N-dealkylation sites (tertiary alicyclic amines) is 1. The van der Waals surface area contributed by atoms with E-state index in [0.29, 0.717) is 12.5 Å². The molecular weight excluding hydrogens is 290 g/mol. The van der Waals surface area contributed by atoms with Crippen molar-refractivity contribution < 1.29 is 17.9 Å². The molecular formula is C15H23NO4S. The summed E-state index contributed by atoms with van der Waals surface area (Å²) in [6.45, 7) is 2.38. The van der Waals surface area contributed by atoms with Gasteiger partial charge in [-0.05, 0) is 19.0 Å². The van der Waals surface area contributed by atoms with Gasteiger partial charge in [0.1, 0.15) is 9.84 Å². The molecule has 2 rings (SSSR count). The van der Waals surface area contributed by atoms with E-state index in [1.165, 1.54) is 6.26 Å². The fraction of sp³-hybridized carbons (Fsp3) is 0.600. The molecule has 118 valence electrons. The Morgan fingerprint density at radius 1 is 1.29 bits per heavy atom. The molecule has 0 aliphatic carbocycles. The number of benzene rings is 1. The fourth-order valence-electron chi connectivity index (χ4n) is 2.82. The van der Waals surface area contributed by atoms with Crippen LogP contribution in [0.4, 0.5) is 0 Å². The number of rotatable bonds is 6. The van der Waals surface area contributed by atoms with Gasteiger partial charge in [-0.15, -0.1) is 0 Å². The second-order valence-corrected chi connectivity index (χ2v) is 7.76. The van der Waals surface area contributed by atoms with Crippen molar-refractivity contribution >= 4 is 9.84 Å². The summed E-state index contributed by atoms with van der Waals surface area (Å²) in [5, 5.41) is 0. The summed E-state index contributed by atoms with van der Waals surface area (Å²) < 4.78 is 33.3. The Morgan fingerprint density at radius 2 is 2.05 bits per heavy atom. The smallest absolute Gasteiger partial charge is 0.164 e. The van der Waals surface area contributed by atoms with Crippen LogP contribution in [0.15, 0.2) is 18.2 Å². The lowest BCUT2D eigenvalue weighted by Gasteiger charge is -2.18. The maximum Gasteiger partial charge on any atom is 0.164 e. The molecule has 0 spiro atoms. The first-order valence-electron chi connectivity index (χ1n) is 7.05. The van der Waals surface area contributed by atoms with Crippen LogP contribution in [0.5, 0.6) is 11.5 Å². The number of hydrogen-bond acceptors (Lipinski definition) is 5. The summed E-state index contributed by atoms with van der Waals surface area (Å²) in [6, 6.07) is 5.92. The standard InChI is InChI=1S/C15H23NO4S/c1-19-14-6-4-5-13(15(14)20-2)12-7-8-16(11-12)9-10-21(3,17)18/h4-6,12H,7-11H2,1-3H3. The van der Waals surface area contributed by atoms with E-state index in [-0.39, 0.29) is 5.75 Å². The van der Waals surface area contributed by atoms with Crippen LogP contribution >= 0.6 is 0 Å². The minimum atomic E-state index is -2.90. The predicted molar refractivity (Wildman–Crippen MR) is 83.1 cm³/mol. The Hall–Kier alpha value is -1.27. The first-order chi connectivity index (χ1) is 9.94. The summed E-state index contributed by atoms with van der Waals surface area (Å²) in [7, 11) is 0.381. The van der Waals surface area contributed by atoms with Gasteiger partial charge in [0, 0.05) is 30.8 Å². The molecule has 0 bridgehead atoms. The number of hydrogen-bond donors (Lipinski definition) is 0. The zero-order chi connectivity index (χ0) is 15.5. The highest BCUT2D eigenvalue weighted by Crippen LogP contribution is 2.39. The van der Waals surface area contributed by atoms with Gasteiger partial charge in [0.2, 0.25) is 0 Å². The maximum absolute atomic E-state index is 11.3. The molecule has 1 aromatic carbocycles. The van der Waals surface area contributed by atoms with Crippen molar-refractivity contribution in [3.63, 3.8) is 0 Å². The average Bonchev–Trinajstić information content (AvgIpc) is 2.92. The highest BCUT2D eigenvalue weighted by molar-refractivity contribution is 7.90. The van der Waals surface area contributed by atoms with Gasteiger partial charge in [-0.2, -0.15) is 0 Å². The summed E-state index contributed by atoms with van der Waals surface area (Å²) in [5.74, 6) is 2.10. The fourth-order valence-corrected chi connectivity index (χ4v) is 3.41. The minimum absolute atomic E-state index is 0.217. The Labute approximate surface area is 126 Å². The number of methoxy groups -OCH3 is 2. The summed E-state index contributed by atoms with van der Waals surface area (Å²) in [6.07, 6.45) is 2.29.